The van der Waals surface area contributed by atoms with Crippen LogP contribution in [0.5, 0.6) is 0 Å². The number of aromatic nitrogens is 4. The number of thioether (sulfide) groups is 1. The van der Waals surface area contributed by atoms with E-state index in [9.17, 15) is 4.79 Å². The summed E-state index contributed by atoms with van der Waals surface area (Å²) >= 11 is 7.40. The molecule has 0 aliphatic rings. The van der Waals surface area contributed by atoms with Gasteiger partial charge in [0.25, 0.3) is 0 Å². The molecule has 0 saturated carbocycles. The van der Waals surface area contributed by atoms with Crippen molar-refractivity contribution in [3.63, 3.8) is 0 Å². The van der Waals surface area contributed by atoms with Gasteiger partial charge in [-0.15, -0.1) is 10.2 Å². The second-order valence-electron chi connectivity index (χ2n) is 6.42. The van der Waals surface area contributed by atoms with Gasteiger partial charge in [-0.3, -0.25) is 4.79 Å². The summed E-state index contributed by atoms with van der Waals surface area (Å²) in [6.07, 6.45) is 2.52. The standard InChI is InChI=1S/C20H22ClN5OS/c1-4-11-26-18(15-8-5-7-13(2)12-15)24-25-20(26)28-14(3)19(27)23-16-9-6-10-22-17(16)21/h5-10,12,14H,4,11H2,1-3H3,(H,23,27). The molecule has 8 heteroatoms. The Morgan fingerprint density at radius 3 is 2.82 bits per heavy atom. The molecule has 28 heavy (non-hydrogen) atoms. The number of rotatable bonds is 7. The smallest absolute Gasteiger partial charge is 0.237 e. The van der Waals surface area contributed by atoms with Crippen molar-refractivity contribution in [3.05, 3.63) is 53.3 Å². The minimum absolute atomic E-state index is 0.164. The first-order valence-electron chi connectivity index (χ1n) is 9.08. The molecule has 1 aromatic carbocycles. The number of halogens is 1. The lowest BCUT2D eigenvalue weighted by Gasteiger charge is -2.14. The molecule has 1 N–H and O–H groups in total. The Morgan fingerprint density at radius 2 is 2.11 bits per heavy atom. The van der Waals surface area contributed by atoms with Gasteiger partial charge in [0.15, 0.2) is 16.1 Å². The molecule has 0 spiro atoms. The summed E-state index contributed by atoms with van der Waals surface area (Å²) in [7, 11) is 0. The summed E-state index contributed by atoms with van der Waals surface area (Å²) in [5.74, 6) is 0.652. The molecule has 0 saturated heterocycles. The topological polar surface area (TPSA) is 72.7 Å². The van der Waals surface area contributed by atoms with E-state index in [4.69, 9.17) is 11.6 Å². The number of anilines is 1. The molecule has 0 aliphatic heterocycles. The van der Waals surface area contributed by atoms with Crippen LogP contribution in [0.4, 0.5) is 5.69 Å². The molecule has 3 aromatic rings. The zero-order valence-corrected chi connectivity index (χ0v) is 17.6. The van der Waals surface area contributed by atoms with Gasteiger partial charge in [0, 0.05) is 18.3 Å². The minimum atomic E-state index is -0.374. The van der Waals surface area contributed by atoms with E-state index in [2.05, 4.69) is 51.0 Å². The number of pyridine rings is 1. The van der Waals surface area contributed by atoms with E-state index in [1.165, 1.54) is 17.3 Å². The number of hydrogen-bond donors (Lipinski definition) is 1. The highest BCUT2D eigenvalue weighted by molar-refractivity contribution is 8.00. The predicted molar refractivity (Wildman–Crippen MR) is 114 cm³/mol. The lowest BCUT2D eigenvalue weighted by Crippen LogP contribution is -2.23. The minimum Gasteiger partial charge on any atom is -0.322 e. The number of benzene rings is 1. The molecular weight excluding hydrogens is 394 g/mol. The highest BCUT2D eigenvalue weighted by Gasteiger charge is 2.21. The van der Waals surface area contributed by atoms with Crippen molar-refractivity contribution in [2.75, 3.05) is 5.32 Å². The number of hydrogen-bond acceptors (Lipinski definition) is 5. The van der Waals surface area contributed by atoms with E-state index in [-0.39, 0.29) is 16.3 Å². The first kappa shape index (κ1) is 20.4. The number of amides is 1. The second kappa shape index (κ2) is 9.21. The maximum atomic E-state index is 12.6. The van der Waals surface area contributed by atoms with E-state index >= 15 is 0 Å². The summed E-state index contributed by atoms with van der Waals surface area (Å²) in [6, 6.07) is 11.6. The molecule has 6 nitrogen and oxygen atoms in total. The van der Waals surface area contributed by atoms with Crippen LogP contribution in [0, 0.1) is 6.92 Å². The lowest BCUT2D eigenvalue weighted by molar-refractivity contribution is -0.115. The molecule has 2 aromatic heterocycles. The first-order valence-corrected chi connectivity index (χ1v) is 10.3. The van der Waals surface area contributed by atoms with Crippen molar-refractivity contribution in [3.8, 4) is 11.4 Å². The van der Waals surface area contributed by atoms with Gasteiger partial charge in [0.05, 0.1) is 10.9 Å². The molecule has 1 amide bonds. The third-order valence-electron chi connectivity index (χ3n) is 4.11. The number of aryl methyl sites for hydroxylation is 1. The maximum absolute atomic E-state index is 12.6. The molecule has 0 aliphatic carbocycles. The molecule has 0 radical (unpaired) electrons. The van der Waals surface area contributed by atoms with Crippen LogP contribution >= 0.6 is 23.4 Å². The number of nitrogens with one attached hydrogen (secondary N) is 1. The fourth-order valence-electron chi connectivity index (χ4n) is 2.72. The lowest BCUT2D eigenvalue weighted by atomic mass is 10.1. The Labute approximate surface area is 173 Å². The van der Waals surface area contributed by atoms with E-state index in [1.54, 1.807) is 18.3 Å². The number of carbonyl (C=O) groups excluding carboxylic acids is 1. The Morgan fingerprint density at radius 1 is 1.29 bits per heavy atom. The quantitative estimate of drug-likeness (QED) is 0.442. The Bertz CT molecular complexity index is 975. The average Bonchev–Trinajstić information content (AvgIpc) is 3.06. The van der Waals surface area contributed by atoms with Crippen molar-refractivity contribution in [2.45, 2.75) is 44.1 Å². The van der Waals surface area contributed by atoms with Crippen LogP contribution in [0.2, 0.25) is 5.15 Å². The highest BCUT2D eigenvalue weighted by atomic mass is 35.5. The molecule has 146 valence electrons. The summed E-state index contributed by atoms with van der Waals surface area (Å²) in [5.41, 5.74) is 2.68. The summed E-state index contributed by atoms with van der Waals surface area (Å²) in [4.78, 5) is 16.6. The predicted octanol–water partition coefficient (Wildman–Crippen LogP) is 4.83. The summed E-state index contributed by atoms with van der Waals surface area (Å²) < 4.78 is 2.07. The normalized spacial score (nSPS) is 12.0. The van der Waals surface area contributed by atoms with E-state index in [0.717, 1.165) is 29.5 Å². The third-order valence-corrected chi connectivity index (χ3v) is 5.49. The first-order chi connectivity index (χ1) is 13.5. The molecular formula is C20H22ClN5OS. The Hall–Kier alpha value is -2.38. The van der Waals surface area contributed by atoms with Crippen LogP contribution in [0.15, 0.2) is 47.8 Å². The number of nitrogens with zero attached hydrogens (tertiary/aromatic N) is 4. The second-order valence-corrected chi connectivity index (χ2v) is 8.08. The van der Waals surface area contributed by atoms with Crippen LogP contribution < -0.4 is 5.32 Å². The fraction of sp³-hybridized carbons (Fsp3) is 0.300. The van der Waals surface area contributed by atoms with Gasteiger partial charge in [-0.2, -0.15) is 0 Å². The highest BCUT2D eigenvalue weighted by Crippen LogP contribution is 2.28. The monoisotopic (exact) mass is 415 g/mol. The van der Waals surface area contributed by atoms with E-state index in [1.807, 2.05) is 19.1 Å². The van der Waals surface area contributed by atoms with Crippen molar-refractivity contribution in [2.24, 2.45) is 0 Å². The molecule has 0 bridgehead atoms. The number of carbonyl (C=O) groups is 1. The largest absolute Gasteiger partial charge is 0.322 e. The van der Waals surface area contributed by atoms with Gasteiger partial charge >= 0.3 is 0 Å². The van der Waals surface area contributed by atoms with Crippen molar-refractivity contribution in [1.29, 1.82) is 0 Å². The van der Waals surface area contributed by atoms with Crippen LogP contribution in [0.1, 0.15) is 25.8 Å². The molecule has 2 heterocycles. The molecule has 3 rings (SSSR count). The maximum Gasteiger partial charge on any atom is 0.237 e. The van der Waals surface area contributed by atoms with Crippen LogP contribution in [0.25, 0.3) is 11.4 Å². The SMILES string of the molecule is CCCn1c(SC(C)C(=O)Nc2cccnc2Cl)nnc1-c1cccc(C)c1. The zero-order chi connectivity index (χ0) is 20.1. The van der Waals surface area contributed by atoms with Crippen LogP contribution in [0.3, 0.4) is 0 Å². The van der Waals surface area contributed by atoms with Gasteiger partial charge < -0.3 is 9.88 Å². The summed E-state index contributed by atoms with van der Waals surface area (Å²) in [5, 5.41) is 12.2. The van der Waals surface area contributed by atoms with Gasteiger partial charge in [-0.05, 0) is 38.5 Å². The van der Waals surface area contributed by atoms with Gasteiger partial charge in [0.2, 0.25) is 5.91 Å². The van der Waals surface area contributed by atoms with Gasteiger partial charge in [0.1, 0.15) is 0 Å². The Balaban J connectivity index is 1.79. The van der Waals surface area contributed by atoms with Gasteiger partial charge in [-0.25, -0.2) is 4.98 Å². The average molecular weight is 416 g/mol. The zero-order valence-electron chi connectivity index (χ0n) is 16.0. The molecule has 0 fully saturated rings. The van der Waals surface area contributed by atoms with Gasteiger partial charge in [-0.1, -0.05) is 54.0 Å². The third kappa shape index (κ3) is 4.72. The fourth-order valence-corrected chi connectivity index (χ4v) is 3.77. The van der Waals surface area contributed by atoms with Crippen molar-refractivity contribution < 1.29 is 4.79 Å². The summed E-state index contributed by atoms with van der Waals surface area (Å²) in [6.45, 7) is 6.77. The van der Waals surface area contributed by atoms with Crippen molar-refractivity contribution >= 4 is 35.0 Å². The van der Waals surface area contributed by atoms with Crippen LogP contribution in [-0.4, -0.2) is 30.9 Å². The van der Waals surface area contributed by atoms with Crippen LogP contribution in [-0.2, 0) is 11.3 Å². The van der Waals surface area contributed by atoms with E-state index < -0.39 is 0 Å². The van der Waals surface area contributed by atoms with E-state index in [0.29, 0.717) is 5.69 Å². The Kier molecular flexibility index (Phi) is 6.70. The molecule has 1 unspecified atom stereocenters. The molecule has 1 atom stereocenters. The van der Waals surface area contributed by atoms with Crippen molar-refractivity contribution in [1.82, 2.24) is 19.7 Å².